The standard InChI is InChI=1S/C21H24N2O2/c1-15(2)23(14-24)13-7-12-21(20(22)25)18-10-5-3-8-16(18)17-9-4-6-11-19(17)21/h3-6,8-11,14-15H,7,12-13H2,1-2H3,(H2,22,25). The summed E-state index contributed by atoms with van der Waals surface area (Å²) in [5.41, 5.74) is 9.24. The molecule has 0 saturated heterocycles. The number of nitrogens with two attached hydrogens (primary N) is 1. The second-order valence-corrected chi connectivity index (χ2v) is 6.90. The molecule has 2 aromatic carbocycles. The largest absolute Gasteiger partial charge is 0.369 e. The molecule has 2 amide bonds. The molecule has 0 unspecified atom stereocenters. The van der Waals surface area contributed by atoms with Crippen LogP contribution in [0.4, 0.5) is 0 Å². The SMILES string of the molecule is CC(C)N(C=O)CCCC1(C(N)=O)c2ccccc2-c2ccccc21. The number of hydrogen-bond acceptors (Lipinski definition) is 2. The summed E-state index contributed by atoms with van der Waals surface area (Å²) in [6, 6.07) is 16.1. The maximum absolute atomic E-state index is 12.7. The van der Waals surface area contributed by atoms with E-state index in [1.807, 2.05) is 62.4 Å². The Hall–Kier alpha value is -2.62. The second kappa shape index (κ2) is 6.71. The van der Waals surface area contributed by atoms with Gasteiger partial charge in [-0.25, -0.2) is 0 Å². The number of carbonyl (C=O) groups excluding carboxylic acids is 2. The summed E-state index contributed by atoms with van der Waals surface area (Å²) in [6.07, 6.45) is 2.17. The summed E-state index contributed by atoms with van der Waals surface area (Å²) in [5, 5.41) is 0. The van der Waals surface area contributed by atoms with Gasteiger partial charge in [0.05, 0.1) is 5.41 Å². The first-order chi connectivity index (χ1) is 12.0. The van der Waals surface area contributed by atoms with Crippen LogP contribution in [0.25, 0.3) is 11.1 Å². The number of fused-ring (bicyclic) bond motifs is 3. The smallest absolute Gasteiger partial charge is 0.232 e. The first-order valence-electron chi connectivity index (χ1n) is 8.72. The van der Waals surface area contributed by atoms with E-state index in [2.05, 4.69) is 0 Å². The lowest BCUT2D eigenvalue weighted by atomic mass is 9.74. The molecule has 2 N–H and O–H groups in total. The molecular formula is C21H24N2O2. The van der Waals surface area contributed by atoms with Gasteiger partial charge in [0.25, 0.3) is 0 Å². The van der Waals surface area contributed by atoms with Crippen molar-refractivity contribution in [3.05, 3.63) is 59.7 Å². The van der Waals surface area contributed by atoms with Gasteiger partial charge in [0.2, 0.25) is 12.3 Å². The molecule has 4 nitrogen and oxygen atoms in total. The quantitative estimate of drug-likeness (QED) is 0.790. The van der Waals surface area contributed by atoms with E-state index < -0.39 is 5.41 Å². The summed E-state index contributed by atoms with van der Waals surface area (Å²) in [6.45, 7) is 4.58. The van der Waals surface area contributed by atoms with E-state index in [-0.39, 0.29) is 11.9 Å². The van der Waals surface area contributed by atoms with Crippen LogP contribution in [0.5, 0.6) is 0 Å². The van der Waals surface area contributed by atoms with Crippen molar-refractivity contribution in [3.63, 3.8) is 0 Å². The number of nitrogens with zero attached hydrogens (tertiary/aromatic N) is 1. The molecule has 130 valence electrons. The molecule has 0 aromatic heterocycles. The first kappa shape index (κ1) is 17.2. The van der Waals surface area contributed by atoms with E-state index in [9.17, 15) is 9.59 Å². The average Bonchev–Trinajstić information content (AvgIpc) is 2.90. The van der Waals surface area contributed by atoms with Crippen molar-refractivity contribution < 1.29 is 9.59 Å². The van der Waals surface area contributed by atoms with Crippen LogP contribution in [0, 0.1) is 0 Å². The number of primary amides is 1. The Kier molecular flexibility index (Phi) is 4.62. The zero-order valence-corrected chi connectivity index (χ0v) is 14.7. The van der Waals surface area contributed by atoms with Crippen LogP contribution in [0.3, 0.4) is 0 Å². The second-order valence-electron chi connectivity index (χ2n) is 6.90. The number of hydrogen-bond donors (Lipinski definition) is 1. The van der Waals surface area contributed by atoms with Crippen molar-refractivity contribution in [2.75, 3.05) is 6.54 Å². The lowest BCUT2D eigenvalue weighted by Crippen LogP contribution is -2.41. The molecule has 0 heterocycles. The highest BCUT2D eigenvalue weighted by atomic mass is 16.1. The monoisotopic (exact) mass is 336 g/mol. The van der Waals surface area contributed by atoms with Gasteiger partial charge in [-0.3, -0.25) is 9.59 Å². The molecule has 0 spiro atoms. The molecule has 2 aromatic rings. The molecule has 0 aliphatic heterocycles. The molecule has 0 radical (unpaired) electrons. The minimum atomic E-state index is -0.821. The summed E-state index contributed by atoms with van der Waals surface area (Å²) in [7, 11) is 0. The highest BCUT2D eigenvalue weighted by Crippen LogP contribution is 2.51. The molecule has 0 atom stereocenters. The van der Waals surface area contributed by atoms with E-state index in [1.165, 1.54) is 0 Å². The van der Waals surface area contributed by atoms with Crippen LogP contribution in [0.15, 0.2) is 48.5 Å². The molecule has 0 fully saturated rings. The third kappa shape index (κ3) is 2.72. The third-order valence-electron chi connectivity index (χ3n) is 5.25. The van der Waals surface area contributed by atoms with E-state index in [0.717, 1.165) is 28.7 Å². The van der Waals surface area contributed by atoms with Gasteiger partial charge in [-0.2, -0.15) is 0 Å². The van der Waals surface area contributed by atoms with Gasteiger partial charge in [0.15, 0.2) is 0 Å². The van der Waals surface area contributed by atoms with E-state index in [4.69, 9.17) is 5.73 Å². The van der Waals surface area contributed by atoms with Crippen molar-refractivity contribution in [2.45, 2.75) is 38.1 Å². The summed E-state index contributed by atoms with van der Waals surface area (Å²) in [4.78, 5) is 25.6. The lowest BCUT2D eigenvalue weighted by molar-refractivity contribution is -0.122. The van der Waals surface area contributed by atoms with Gasteiger partial charge in [-0.1, -0.05) is 48.5 Å². The molecular weight excluding hydrogens is 312 g/mol. The lowest BCUT2D eigenvalue weighted by Gasteiger charge is -2.30. The number of carbonyl (C=O) groups is 2. The summed E-state index contributed by atoms with van der Waals surface area (Å²) >= 11 is 0. The van der Waals surface area contributed by atoms with Crippen LogP contribution in [0.1, 0.15) is 37.8 Å². The fourth-order valence-electron chi connectivity index (χ4n) is 3.94. The number of benzene rings is 2. The molecule has 4 heteroatoms. The highest BCUT2D eigenvalue weighted by molar-refractivity contribution is 5.99. The Bertz CT molecular complexity index is 752. The van der Waals surface area contributed by atoms with E-state index in [0.29, 0.717) is 19.4 Å². The zero-order chi connectivity index (χ0) is 18.0. The van der Waals surface area contributed by atoms with Crippen LogP contribution >= 0.6 is 0 Å². The van der Waals surface area contributed by atoms with E-state index >= 15 is 0 Å². The Labute approximate surface area is 148 Å². The summed E-state index contributed by atoms with van der Waals surface area (Å²) < 4.78 is 0. The molecule has 1 aliphatic carbocycles. The Balaban J connectivity index is 2.00. The Morgan fingerprint density at radius 3 is 2.04 bits per heavy atom. The van der Waals surface area contributed by atoms with Crippen LogP contribution < -0.4 is 5.73 Å². The average molecular weight is 336 g/mol. The van der Waals surface area contributed by atoms with E-state index in [1.54, 1.807) is 4.90 Å². The highest BCUT2D eigenvalue weighted by Gasteiger charge is 2.47. The zero-order valence-electron chi connectivity index (χ0n) is 14.7. The van der Waals surface area contributed by atoms with Gasteiger partial charge in [-0.05, 0) is 48.9 Å². The Morgan fingerprint density at radius 2 is 1.60 bits per heavy atom. The van der Waals surface area contributed by atoms with Crippen LogP contribution in [-0.2, 0) is 15.0 Å². The van der Waals surface area contributed by atoms with Crippen LogP contribution in [0.2, 0.25) is 0 Å². The van der Waals surface area contributed by atoms with Crippen molar-refractivity contribution in [2.24, 2.45) is 5.73 Å². The van der Waals surface area contributed by atoms with Crippen LogP contribution in [-0.4, -0.2) is 29.8 Å². The predicted molar refractivity (Wildman–Crippen MR) is 99.0 cm³/mol. The van der Waals surface area contributed by atoms with Crippen molar-refractivity contribution in [3.8, 4) is 11.1 Å². The maximum atomic E-state index is 12.7. The fourth-order valence-corrected chi connectivity index (χ4v) is 3.94. The first-order valence-corrected chi connectivity index (χ1v) is 8.72. The molecule has 1 aliphatic rings. The van der Waals surface area contributed by atoms with Gasteiger partial charge >= 0.3 is 0 Å². The minimum Gasteiger partial charge on any atom is -0.369 e. The van der Waals surface area contributed by atoms with Gasteiger partial charge in [-0.15, -0.1) is 0 Å². The van der Waals surface area contributed by atoms with Crippen molar-refractivity contribution >= 4 is 12.3 Å². The topological polar surface area (TPSA) is 63.4 Å². The van der Waals surface area contributed by atoms with Gasteiger partial charge in [0.1, 0.15) is 0 Å². The summed E-state index contributed by atoms with van der Waals surface area (Å²) in [5.74, 6) is -0.327. The normalized spacial score (nSPS) is 14.0. The number of amides is 2. The maximum Gasteiger partial charge on any atom is 0.232 e. The van der Waals surface area contributed by atoms with Gasteiger partial charge < -0.3 is 10.6 Å². The molecule has 0 bridgehead atoms. The van der Waals surface area contributed by atoms with Crippen molar-refractivity contribution in [1.82, 2.24) is 4.90 Å². The Morgan fingerprint density at radius 1 is 1.08 bits per heavy atom. The molecule has 25 heavy (non-hydrogen) atoms. The minimum absolute atomic E-state index is 0.144. The predicted octanol–water partition coefficient (Wildman–Crippen LogP) is 3.09. The molecule has 3 rings (SSSR count). The van der Waals surface area contributed by atoms with Crippen molar-refractivity contribution in [1.29, 1.82) is 0 Å². The number of rotatable bonds is 7. The third-order valence-corrected chi connectivity index (χ3v) is 5.25. The molecule has 0 saturated carbocycles. The van der Waals surface area contributed by atoms with Gasteiger partial charge in [0, 0.05) is 12.6 Å². The fraction of sp³-hybridized carbons (Fsp3) is 0.333.